The number of rotatable bonds is 11. The zero-order valence-corrected chi connectivity index (χ0v) is 24.7. The second kappa shape index (κ2) is 14.6. The van der Waals surface area contributed by atoms with Crippen molar-refractivity contribution in [3.05, 3.63) is 64.1 Å². The van der Waals surface area contributed by atoms with Crippen LogP contribution in [-0.2, 0) is 20.7 Å². The van der Waals surface area contributed by atoms with E-state index < -0.39 is 17.6 Å². The van der Waals surface area contributed by atoms with Crippen molar-refractivity contribution in [1.29, 1.82) is 0 Å². The van der Waals surface area contributed by atoms with Crippen LogP contribution in [0.2, 0.25) is 0 Å². The van der Waals surface area contributed by atoms with Crippen LogP contribution in [0.25, 0.3) is 0 Å². The Balaban J connectivity index is 1.39. The van der Waals surface area contributed by atoms with Crippen molar-refractivity contribution in [1.82, 2.24) is 20.9 Å². The Morgan fingerprint density at radius 1 is 1.05 bits per heavy atom. The van der Waals surface area contributed by atoms with Crippen molar-refractivity contribution >= 4 is 39.5 Å². The van der Waals surface area contributed by atoms with Gasteiger partial charge in [0.15, 0.2) is 0 Å². The molecule has 216 valence electrons. The lowest BCUT2D eigenvalue weighted by Gasteiger charge is -2.31. The number of halogens is 1. The number of amides is 4. The average Bonchev–Trinajstić information content (AvgIpc) is 3.43. The predicted octanol–water partition coefficient (Wildman–Crippen LogP) is 3.76. The van der Waals surface area contributed by atoms with Gasteiger partial charge in [0, 0.05) is 36.2 Å². The van der Waals surface area contributed by atoms with Crippen LogP contribution in [0.3, 0.4) is 0 Å². The number of ether oxygens (including phenoxy) is 1. The fraction of sp³-hybridized carbons (Fsp3) is 0.500. The van der Waals surface area contributed by atoms with Gasteiger partial charge in [0.05, 0.1) is 13.2 Å². The van der Waals surface area contributed by atoms with E-state index in [4.69, 9.17) is 4.74 Å². The Kier molecular flexibility index (Phi) is 11.0. The highest BCUT2D eigenvalue weighted by atomic mass is 79.9. The summed E-state index contributed by atoms with van der Waals surface area (Å²) in [5, 5.41) is 11.8. The van der Waals surface area contributed by atoms with Crippen molar-refractivity contribution in [2.24, 2.45) is 0 Å². The fourth-order valence-electron chi connectivity index (χ4n) is 5.31. The number of hydrogen-bond acceptors (Lipinski definition) is 5. The molecule has 9 nitrogen and oxygen atoms in total. The van der Waals surface area contributed by atoms with E-state index in [1.165, 1.54) is 0 Å². The van der Waals surface area contributed by atoms with E-state index in [-0.39, 0.29) is 11.8 Å². The molecule has 1 aliphatic carbocycles. The third-order valence-electron chi connectivity index (χ3n) is 7.62. The Hall–Kier alpha value is -2.95. The van der Waals surface area contributed by atoms with Crippen LogP contribution in [0.4, 0.5) is 10.5 Å². The second-order valence-electron chi connectivity index (χ2n) is 10.6. The van der Waals surface area contributed by atoms with Gasteiger partial charge in [-0.25, -0.2) is 4.79 Å². The summed E-state index contributed by atoms with van der Waals surface area (Å²) in [5.74, 6) is -0.543. The molecule has 1 saturated heterocycles. The molecule has 2 fully saturated rings. The zero-order chi connectivity index (χ0) is 28.4. The summed E-state index contributed by atoms with van der Waals surface area (Å²) in [5.41, 5.74) is 1.52. The predicted molar refractivity (Wildman–Crippen MR) is 159 cm³/mol. The first-order valence-corrected chi connectivity index (χ1v) is 14.9. The van der Waals surface area contributed by atoms with Gasteiger partial charge >= 0.3 is 6.03 Å². The molecule has 2 aromatic carbocycles. The van der Waals surface area contributed by atoms with Crippen LogP contribution < -0.4 is 21.3 Å². The SMILES string of the molecule is Cc1cc(NC(=O)NC2(C(=O)N[C@H](Cc3ccccc3)C(=O)NCCCN3CCOCC3)CCCC2)ccc1Br. The summed E-state index contributed by atoms with van der Waals surface area (Å²) < 4.78 is 6.35. The summed E-state index contributed by atoms with van der Waals surface area (Å²) in [6, 6.07) is 14.0. The lowest BCUT2D eigenvalue weighted by molar-refractivity contribution is -0.132. The van der Waals surface area contributed by atoms with Gasteiger partial charge in [-0.15, -0.1) is 0 Å². The van der Waals surface area contributed by atoms with Crippen LogP contribution in [0.15, 0.2) is 53.0 Å². The highest BCUT2D eigenvalue weighted by molar-refractivity contribution is 9.10. The maximum Gasteiger partial charge on any atom is 0.320 e. The number of morpholine rings is 1. The molecule has 1 atom stereocenters. The van der Waals surface area contributed by atoms with E-state index in [1.54, 1.807) is 6.07 Å². The van der Waals surface area contributed by atoms with E-state index >= 15 is 0 Å². The number of urea groups is 1. The Morgan fingerprint density at radius 3 is 2.48 bits per heavy atom. The van der Waals surface area contributed by atoms with E-state index in [2.05, 4.69) is 42.1 Å². The van der Waals surface area contributed by atoms with Gasteiger partial charge in [0.2, 0.25) is 11.8 Å². The van der Waals surface area contributed by atoms with E-state index in [1.807, 2.05) is 49.4 Å². The summed E-state index contributed by atoms with van der Waals surface area (Å²) in [4.78, 5) is 42.4. The van der Waals surface area contributed by atoms with Crippen molar-refractivity contribution in [3.63, 3.8) is 0 Å². The normalized spacial score (nSPS) is 17.6. The Morgan fingerprint density at radius 2 is 1.77 bits per heavy atom. The molecule has 0 bridgehead atoms. The molecule has 1 heterocycles. The number of aryl methyl sites for hydroxylation is 1. The fourth-order valence-corrected chi connectivity index (χ4v) is 5.55. The number of nitrogens with zero attached hydrogens (tertiary/aromatic N) is 1. The van der Waals surface area contributed by atoms with Gasteiger partial charge < -0.3 is 26.0 Å². The molecule has 0 aromatic heterocycles. The molecule has 4 N–H and O–H groups in total. The summed E-state index contributed by atoms with van der Waals surface area (Å²) >= 11 is 3.47. The average molecular weight is 615 g/mol. The maximum atomic E-state index is 13.7. The van der Waals surface area contributed by atoms with Crippen molar-refractivity contribution < 1.29 is 19.1 Å². The topological polar surface area (TPSA) is 112 Å². The van der Waals surface area contributed by atoms with E-state index in [9.17, 15) is 14.4 Å². The highest BCUT2D eigenvalue weighted by Crippen LogP contribution is 2.30. The number of carbonyl (C=O) groups excluding carboxylic acids is 3. The van der Waals surface area contributed by atoms with Crippen molar-refractivity contribution in [2.75, 3.05) is 44.7 Å². The Bertz CT molecular complexity index is 1150. The number of carbonyl (C=O) groups is 3. The molecule has 10 heteroatoms. The third-order valence-corrected chi connectivity index (χ3v) is 8.51. The molecule has 0 spiro atoms. The largest absolute Gasteiger partial charge is 0.379 e. The number of anilines is 1. The van der Waals surface area contributed by atoms with Gasteiger partial charge in [0.25, 0.3) is 0 Å². The smallest absolute Gasteiger partial charge is 0.320 e. The van der Waals surface area contributed by atoms with Crippen LogP contribution in [0.1, 0.15) is 43.2 Å². The van der Waals surface area contributed by atoms with E-state index in [0.717, 1.165) is 67.7 Å². The molecule has 1 aliphatic heterocycles. The highest BCUT2D eigenvalue weighted by Gasteiger charge is 2.43. The first-order valence-electron chi connectivity index (χ1n) is 14.1. The monoisotopic (exact) mass is 613 g/mol. The van der Waals surface area contributed by atoms with Gasteiger partial charge in [0.1, 0.15) is 11.6 Å². The number of hydrogen-bond donors (Lipinski definition) is 4. The maximum absolute atomic E-state index is 13.7. The van der Waals surface area contributed by atoms with Gasteiger partial charge in [-0.3, -0.25) is 14.5 Å². The lowest BCUT2D eigenvalue weighted by Crippen LogP contribution is -2.61. The summed E-state index contributed by atoms with van der Waals surface area (Å²) in [6.07, 6.45) is 3.86. The minimum atomic E-state index is -1.07. The van der Waals surface area contributed by atoms with Gasteiger partial charge in [-0.2, -0.15) is 0 Å². The molecular weight excluding hydrogens is 574 g/mol. The molecule has 4 rings (SSSR count). The molecule has 2 aliphatic rings. The minimum Gasteiger partial charge on any atom is -0.379 e. The van der Waals surface area contributed by atoms with Crippen LogP contribution >= 0.6 is 15.9 Å². The Labute approximate surface area is 244 Å². The van der Waals surface area contributed by atoms with Crippen molar-refractivity contribution in [3.8, 4) is 0 Å². The van der Waals surface area contributed by atoms with Gasteiger partial charge in [-0.05, 0) is 62.1 Å². The first kappa shape index (κ1) is 30.0. The molecule has 0 unspecified atom stereocenters. The van der Waals surface area contributed by atoms with Crippen LogP contribution in [0, 0.1) is 6.92 Å². The quantitative estimate of drug-likeness (QED) is 0.288. The van der Waals surface area contributed by atoms with Gasteiger partial charge in [-0.1, -0.05) is 59.1 Å². The molecule has 2 aromatic rings. The third kappa shape index (κ3) is 8.52. The molecule has 4 amide bonds. The summed E-state index contributed by atoms with van der Waals surface area (Å²) in [6.45, 7) is 6.66. The first-order chi connectivity index (χ1) is 19.3. The van der Waals surface area contributed by atoms with E-state index in [0.29, 0.717) is 31.5 Å². The second-order valence-corrected chi connectivity index (χ2v) is 11.5. The minimum absolute atomic E-state index is 0.220. The van der Waals surface area contributed by atoms with Crippen LogP contribution in [0.5, 0.6) is 0 Å². The number of nitrogens with one attached hydrogen (secondary N) is 4. The number of benzene rings is 2. The lowest BCUT2D eigenvalue weighted by atomic mass is 9.95. The summed E-state index contributed by atoms with van der Waals surface area (Å²) in [7, 11) is 0. The molecule has 0 radical (unpaired) electrons. The van der Waals surface area contributed by atoms with Crippen LogP contribution in [-0.4, -0.2) is 73.7 Å². The molecular formula is C30H40BrN5O4. The molecule has 1 saturated carbocycles. The van der Waals surface area contributed by atoms with Crippen molar-refractivity contribution in [2.45, 2.75) is 57.0 Å². The standard InChI is InChI=1S/C30H40BrN5O4/c1-22-20-24(10-11-25(22)31)33-29(39)35-30(12-5-6-13-30)28(38)34-26(21-23-8-3-2-4-9-23)27(37)32-14-7-15-36-16-18-40-19-17-36/h2-4,8-11,20,26H,5-7,12-19,21H2,1H3,(H,32,37)(H,34,38)(H2,33,35,39)/t26-/m1/s1. The zero-order valence-electron chi connectivity index (χ0n) is 23.1. The molecule has 40 heavy (non-hydrogen) atoms.